The van der Waals surface area contributed by atoms with Gasteiger partial charge in [-0.05, 0) is 12.1 Å². The van der Waals surface area contributed by atoms with Gasteiger partial charge in [-0.2, -0.15) is 13.2 Å². The first kappa shape index (κ1) is 16.9. The Morgan fingerprint density at radius 3 is 2.10 bits per heavy atom. The van der Waals surface area contributed by atoms with E-state index in [0.717, 1.165) is 31.7 Å². The van der Waals surface area contributed by atoms with Gasteiger partial charge in [-0.25, -0.2) is 4.79 Å². The van der Waals surface area contributed by atoms with Crippen LogP contribution < -0.4 is 5.32 Å². The highest BCUT2D eigenvalue weighted by Crippen LogP contribution is 2.13. The summed E-state index contributed by atoms with van der Waals surface area (Å²) in [5.74, 6) is -2.65. The molecule has 1 fully saturated rings. The molecule has 6 nitrogen and oxygen atoms in total. The summed E-state index contributed by atoms with van der Waals surface area (Å²) in [7, 11) is 0. The van der Waals surface area contributed by atoms with Crippen molar-refractivity contribution < 1.29 is 27.9 Å². The van der Waals surface area contributed by atoms with Crippen LogP contribution in [-0.4, -0.2) is 59.2 Å². The van der Waals surface area contributed by atoms with Gasteiger partial charge in [-0.1, -0.05) is 0 Å². The predicted octanol–water partition coefficient (Wildman–Crippen LogP) is 0.760. The number of hydrogen-bond donors (Lipinski definition) is 2. The Balaban J connectivity index is 0.000000270. The lowest BCUT2D eigenvalue weighted by Gasteiger charge is -2.27. The molecule has 0 atom stereocenters. The Kier molecular flexibility index (Phi) is 6.10. The SMILES string of the molecule is O=C(O)C(F)(F)F.O=C(c1ccncc1)N1CCNCC1. The van der Waals surface area contributed by atoms with E-state index in [2.05, 4.69) is 10.3 Å². The van der Waals surface area contributed by atoms with Gasteiger partial charge in [-0.15, -0.1) is 0 Å². The number of piperazine rings is 1. The normalized spacial score (nSPS) is 14.9. The number of aliphatic carboxylic acids is 1. The van der Waals surface area contributed by atoms with Crippen LogP contribution >= 0.6 is 0 Å². The predicted molar refractivity (Wildman–Crippen MR) is 66.7 cm³/mol. The Bertz CT molecular complexity index is 474. The topological polar surface area (TPSA) is 82.5 Å². The maximum Gasteiger partial charge on any atom is 0.490 e. The fourth-order valence-electron chi connectivity index (χ4n) is 1.54. The molecule has 21 heavy (non-hydrogen) atoms. The van der Waals surface area contributed by atoms with E-state index in [4.69, 9.17) is 9.90 Å². The Morgan fingerprint density at radius 2 is 1.67 bits per heavy atom. The summed E-state index contributed by atoms with van der Waals surface area (Å²) in [6, 6.07) is 3.51. The Labute approximate surface area is 118 Å². The summed E-state index contributed by atoms with van der Waals surface area (Å²) >= 11 is 0. The van der Waals surface area contributed by atoms with Crippen molar-refractivity contribution in [2.45, 2.75) is 6.18 Å². The zero-order valence-corrected chi connectivity index (χ0v) is 10.9. The molecule has 1 aliphatic heterocycles. The van der Waals surface area contributed by atoms with Crippen molar-refractivity contribution in [1.29, 1.82) is 0 Å². The zero-order chi connectivity index (χ0) is 15.9. The van der Waals surface area contributed by atoms with Gasteiger partial charge in [0.15, 0.2) is 0 Å². The van der Waals surface area contributed by atoms with Crippen molar-refractivity contribution in [3.8, 4) is 0 Å². The maximum absolute atomic E-state index is 11.9. The van der Waals surface area contributed by atoms with Crippen LogP contribution in [-0.2, 0) is 4.79 Å². The first-order valence-corrected chi connectivity index (χ1v) is 6.02. The highest BCUT2D eigenvalue weighted by atomic mass is 19.4. The molecular formula is C12H14F3N3O3. The van der Waals surface area contributed by atoms with Gasteiger partial charge in [0.05, 0.1) is 0 Å². The third kappa shape index (κ3) is 5.78. The molecule has 0 saturated carbocycles. The number of aromatic nitrogens is 1. The fraction of sp³-hybridized carbons (Fsp3) is 0.417. The highest BCUT2D eigenvalue weighted by Gasteiger charge is 2.38. The third-order valence-electron chi connectivity index (χ3n) is 2.57. The van der Waals surface area contributed by atoms with Gasteiger partial charge in [-0.3, -0.25) is 9.78 Å². The smallest absolute Gasteiger partial charge is 0.475 e. The molecule has 116 valence electrons. The molecular weight excluding hydrogens is 291 g/mol. The minimum atomic E-state index is -5.08. The van der Waals surface area contributed by atoms with Gasteiger partial charge in [0, 0.05) is 44.1 Å². The molecule has 1 aromatic rings. The number of carbonyl (C=O) groups excluding carboxylic acids is 1. The standard InChI is InChI=1S/C10H13N3O.C2HF3O2/c14-10(9-1-3-11-4-2-9)13-7-5-12-6-8-13;3-2(4,5)1(6)7/h1-4,12H,5-8H2;(H,6,7). The van der Waals surface area contributed by atoms with Crippen LogP contribution in [0.2, 0.25) is 0 Å². The second kappa shape index (κ2) is 7.58. The first-order chi connectivity index (χ1) is 9.82. The van der Waals surface area contributed by atoms with Gasteiger partial charge in [0.25, 0.3) is 5.91 Å². The van der Waals surface area contributed by atoms with Crippen LogP contribution in [0.25, 0.3) is 0 Å². The second-order valence-corrected chi connectivity index (χ2v) is 4.08. The summed E-state index contributed by atoms with van der Waals surface area (Å²) in [6.07, 6.45) is -1.79. The first-order valence-electron chi connectivity index (χ1n) is 6.02. The van der Waals surface area contributed by atoms with E-state index in [1.54, 1.807) is 24.5 Å². The minimum absolute atomic E-state index is 0.105. The zero-order valence-electron chi connectivity index (χ0n) is 10.9. The number of rotatable bonds is 1. The van der Waals surface area contributed by atoms with Crippen molar-refractivity contribution >= 4 is 11.9 Å². The van der Waals surface area contributed by atoms with E-state index < -0.39 is 12.1 Å². The number of amides is 1. The van der Waals surface area contributed by atoms with Crippen LogP contribution in [0.4, 0.5) is 13.2 Å². The monoisotopic (exact) mass is 305 g/mol. The second-order valence-electron chi connectivity index (χ2n) is 4.08. The number of carboxylic acids is 1. The summed E-state index contributed by atoms with van der Waals surface area (Å²) in [6.45, 7) is 3.36. The molecule has 2 heterocycles. The summed E-state index contributed by atoms with van der Waals surface area (Å²) in [5, 5.41) is 10.3. The maximum atomic E-state index is 11.9. The molecule has 0 unspecified atom stereocenters. The van der Waals surface area contributed by atoms with Crippen molar-refractivity contribution in [3.63, 3.8) is 0 Å². The van der Waals surface area contributed by atoms with Gasteiger partial charge in [0.2, 0.25) is 0 Å². The number of nitrogens with zero attached hydrogens (tertiary/aromatic N) is 2. The molecule has 1 aromatic heterocycles. The van der Waals surface area contributed by atoms with E-state index in [0.29, 0.717) is 0 Å². The minimum Gasteiger partial charge on any atom is -0.475 e. The number of pyridine rings is 1. The van der Waals surface area contributed by atoms with E-state index >= 15 is 0 Å². The largest absolute Gasteiger partial charge is 0.490 e. The van der Waals surface area contributed by atoms with Gasteiger partial charge >= 0.3 is 12.1 Å². The van der Waals surface area contributed by atoms with Gasteiger partial charge < -0.3 is 15.3 Å². The molecule has 0 aromatic carbocycles. The molecule has 2 rings (SSSR count). The lowest BCUT2D eigenvalue weighted by atomic mass is 10.2. The number of halogens is 3. The van der Waals surface area contributed by atoms with Gasteiger partial charge in [0.1, 0.15) is 0 Å². The number of hydrogen-bond acceptors (Lipinski definition) is 4. The summed E-state index contributed by atoms with van der Waals surface area (Å²) in [5.41, 5.74) is 0.724. The van der Waals surface area contributed by atoms with Crippen LogP contribution in [0.3, 0.4) is 0 Å². The van der Waals surface area contributed by atoms with E-state index in [9.17, 15) is 18.0 Å². The van der Waals surface area contributed by atoms with E-state index in [-0.39, 0.29) is 5.91 Å². The Hall–Kier alpha value is -2.16. The average Bonchev–Trinajstić information content (AvgIpc) is 2.48. The number of carbonyl (C=O) groups is 2. The van der Waals surface area contributed by atoms with E-state index in [1.807, 2.05) is 4.90 Å². The lowest BCUT2D eigenvalue weighted by Crippen LogP contribution is -2.46. The van der Waals surface area contributed by atoms with Crippen molar-refractivity contribution in [1.82, 2.24) is 15.2 Å². The van der Waals surface area contributed by atoms with Crippen LogP contribution in [0.1, 0.15) is 10.4 Å². The van der Waals surface area contributed by atoms with Crippen LogP contribution in [0.15, 0.2) is 24.5 Å². The van der Waals surface area contributed by atoms with Crippen LogP contribution in [0, 0.1) is 0 Å². The van der Waals surface area contributed by atoms with E-state index in [1.165, 1.54) is 0 Å². The average molecular weight is 305 g/mol. The highest BCUT2D eigenvalue weighted by molar-refractivity contribution is 5.94. The third-order valence-corrected chi connectivity index (χ3v) is 2.57. The number of alkyl halides is 3. The fourth-order valence-corrected chi connectivity index (χ4v) is 1.54. The molecule has 9 heteroatoms. The van der Waals surface area contributed by atoms with Crippen molar-refractivity contribution in [2.75, 3.05) is 26.2 Å². The molecule has 1 aliphatic rings. The lowest BCUT2D eigenvalue weighted by molar-refractivity contribution is -0.192. The number of nitrogens with one attached hydrogen (secondary N) is 1. The summed E-state index contributed by atoms with van der Waals surface area (Å²) in [4.78, 5) is 26.5. The quantitative estimate of drug-likeness (QED) is 0.800. The molecule has 0 bridgehead atoms. The van der Waals surface area contributed by atoms with Crippen LogP contribution in [0.5, 0.6) is 0 Å². The molecule has 1 amide bonds. The molecule has 0 spiro atoms. The molecule has 0 aliphatic carbocycles. The molecule has 0 radical (unpaired) electrons. The number of carboxylic acid groups (broad SMARTS) is 1. The summed E-state index contributed by atoms with van der Waals surface area (Å²) < 4.78 is 31.7. The van der Waals surface area contributed by atoms with Crippen molar-refractivity contribution in [2.24, 2.45) is 0 Å². The Morgan fingerprint density at radius 1 is 1.19 bits per heavy atom. The van der Waals surface area contributed by atoms with Crippen molar-refractivity contribution in [3.05, 3.63) is 30.1 Å². The molecule has 2 N–H and O–H groups in total. The molecule has 1 saturated heterocycles.